The Kier molecular flexibility index (Phi) is 5.46. The van der Waals surface area contributed by atoms with Crippen molar-refractivity contribution in [1.29, 1.82) is 0 Å². The summed E-state index contributed by atoms with van der Waals surface area (Å²) in [7, 11) is 0. The summed E-state index contributed by atoms with van der Waals surface area (Å²) >= 11 is 0. The number of aliphatic hydroxyl groups excluding tert-OH is 1. The Morgan fingerprint density at radius 3 is 2.41 bits per heavy atom. The van der Waals surface area contributed by atoms with Crippen molar-refractivity contribution in [3.8, 4) is 0 Å². The van der Waals surface area contributed by atoms with Gasteiger partial charge >= 0.3 is 0 Å². The van der Waals surface area contributed by atoms with Crippen LogP contribution in [0.2, 0.25) is 0 Å². The summed E-state index contributed by atoms with van der Waals surface area (Å²) in [5.41, 5.74) is 2.15. The molecular formula is C21H24N4O4. The summed E-state index contributed by atoms with van der Waals surface area (Å²) in [6, 6.07) is 14.3. The van der Waals surface area contributed by atoms with Crippen LogP contribution in [0, 0.1) is 10.1 Å². The monoisotopic (exact) mass is 396 g/mol. The van der Waals surface area contributed by atoms with E-state index in [-0.39, 0.29) is 29.2 Å². The van der Waals surface area contributed by atoms with Crippen LogP contribution in [0.25, 0.3) is 0 Å². The van der Waals surface area contributed by atoms with Crippen LogP contribution in [0.4, 0.5) is 17.1 Å². The molecule has 1 amide bonds. The van der Waals surface area contributed by atoms with Gasteiger partial charge in [0.2, 0.25) is 5.91 Å². The van der Waals surface area contributed by atoms with Crippen LogP contribution in [-0.2, 0) is 11.4 Å². The lowest BCUT2D eigenvalue weighted by atomic mass is 10.1. The molecule has 0 aliphatic carbocycles. The molecule has 2 fully saturated rings. The number of para-hydroxylation sites is 1. The summed E-state index contributed by atoms with van der Waals surface area (Å²) in [6.45, 7) is 3.09. The van der Waals surface area contributed by atoms with E-state index in [1.54, 1.807) is 12.1 Å². The lowest BCUT2D eigenvalue weighted by Gasteiger charge is -2.38. The number of benzene rings is 2. The second-order valence-electron chi connectivity index (χ2n) is 7.39. The van der Waals surface area contributed by atoms with Gasteiger partial charge in [-0.05, 0) is 36.2 Å². The second-order valence-corrected chi connectivity index (χ2v) is 7.39. The minimum atomic E-state index is -0.388. The lowest BCUT2D eigenvalue weighted by molar-refractivity contribution is -0.384. The van der Waals surface area contributed by atoms with Gasteiger partial charge in [0.1, 0.15) is 5.69 Å². The first-order valence-electron chi connectivity index (χ1n) is 9.82. The van der Waals surface area contributed by atoms with Crippen LogP contribution in [0.1, 0.15) is 12.0 Å². The predicted molar refractivity (Wildman–Crippen MR) is 110 cm³/mol. The standard InChI is InChI=1S/C21H24N4O4/c26-15-16-6-7-18(25(28)29)20(14-16)23-12-10-22(11-13-23)19-8-9-24(21(19)27)17-4-2-1-3-5-17/h1-7,14,19,26H,8-13,15H2. The van der Waals surface area contributed by atoms with E-state index < -0.39 is 0 Å². The Hall–Kier alpha value is -2.97. The molecule has 152 valence electrons. The number of aliphatic hydroxyl groups is 1. The third kappa shape index (κ3) is 3.81. The first kappa shape index (κ1) is 19.4. The summed E-state index contributed by atoms with van der Waals surface area (Å²) in [5.74, 6) is 0.123. The van der Waals surface area contributed by atoms with Gasteiger partial charge in [0.25, 0.3) is 5.69 Å². The number of amides is 1. The van der Waals surface area contributed by atoms with Crippen molar-refractivity contribution >= 4 is 23.0 Å². The van der Waals surface area contributed by atoms with Crippen LogP contribution in [0.3, 0.4) is 0 Å². The van der Waals surface area contributed by atoms with Gasteiger partial charge in [0.15, 0.2) is 0 Å². The van der Waals surface area contributed by atoms with Gasteiger partial charge < -0.3 is 14.9 Å². The van der Waals surface area contributed by atoms with Crippen LogP contribution >= 0.6 is 0 Å². The summed E-state index contributed by atoms with van der Waals surface area (Å²) in [6.07, 6.45) is 0.786. The normalized spacial score (nSPS) is 20.3. The molecule has 2 aromatic rings. The molecular weight excluding hydrogens is 372 g/mol. The maximum Gasteiger partial charge on any atom is 0.292 e. The summed E-state index contributed by atoms with van der Waals surface area (Å²) in [4.78, 5) is 30.0. The van der Waals surface area contributed by atoms with Gasteiger partial charge in [-0.1, -0.05) is 18.2 Å². The molecule has 1 N–H and O–H groups in total. The van der Waals surface area contributed by atoms with Crippen LogP contribution < -0.4 is 9.80 Å². The molecule has 2 aliphatic heterocycles. The number of anilines is 2. The number of carbonyl (C=O) groups is 1. The molecule has 8 nitrogen and oxygen atoms in total. The van der Waals surface area contributed by atoms with E-state index in [9.17, 15) is 20.0 Å². The SMILES string of the molecule is O=C1C(N2CCN(c3cc(CO)ccc3[N+](=O)[O-])CC2)CCN1c1ccccc1. The lowest BCUT2D eigenvalue weighted by Crippen LogP contribution is -2.52. The van der Waals surface area contributed by atoms with Crippen LogP contribution in [0.5, 0.6) is 0 Å². The van der Waals surface area contributed by atoms with E-state index in [2.05, 4.69) is 4.90 Å². The third-order valence-corrected chi connectivity index (χ3v) is 5.76. The smallest absolute Gasteiger partial charge is 0.292 e. The maximum absolute atomic E-state index is 12.9. The van der Waals surface area contributed by atoms with Crippen LogP contribution in [0.15, 0.2) is 48.5 Å². The predicted octanol–water partition coefficient (Wildman–Crippen LogP) is 2.01. The number of piperazine rings is 1. The average Bonchev–Trinajstić information content (AvgIpc) is 3.15. The van der Waals surface area contributed by atoms with Gasteiger partial charge in [0.05, 0.1) is 17.6 Å². The molecule has 1 unspecified atom stereocenters. The molecule has 0 aromatic heterocycles. The van der Waals surface area contributed by atoms with Crippen LogP contribution in [-0.4, -0.2) is 59.6 Å². The number of hydrogen-bond acceptors (Lipinski definition) is 6. The Bertz CT molecular complexity index is 897. The highest BCUT2D eigenvalue weighted by Crippen LogP contribution is 2.31. The van der Waals surface area contributed by atoms with Crippen molar-refractivity contribution in [1.82, 2.24) is 4.90 Å². The molecule has 2 heterocycles. The fourth-order valence-electron chi connectivity index (χ4n) is 4.22. The highest BCUT2D eigenvalue weighted by molar-refractivity contribution is 5.99. The molecule has 1 atom stereocenters. The zero-order valence-corrected chi connectivity index (χ0v) is 16.1. The minimum absolute atomic E-state index is 0.0443. The average molecular weight is 396 g/mol. The van der Waals surface area contributed by atoms with Gasteiger partial charge in [0, 0.05) is 44.5 Å². The quantitative estimate of drug-likeness (QED) is 0.614. The topological polar surface area (TPSA) is 90.2 Å². The summed E-state index contributed by atoms with van der Waals surface area (Å²) < 4.78 is 0. The zero-order valence-electron chi connectivity index (χ0n) is 16.1. The van der Waals surface area contributed by atoms with Crippen molar-refractivity contribution in [2.24, 2.45) is 0 Å². The highest BCUT2D eigenvalue weighted by atomic mass is 16.6. The van der Waals surface area contributed by atoms with E-state index in [4.69, 9.17) is 0 Å². The van der Waals surface area contributed by atoms with Gasteiger partial charge in [-0.15, -0.1) is 0 Å². The van der Waals surface area contributed by atoms with Crippen molar-refractivity contribution in [2.75, 3.05) is 42.5 Å². The fraction of sp³-hybridized carbons (Fsp3) is 0.381. The molecule has 0 saturated carbocycles. The number of nitro groups is 1. The van der Waals surface area contributed by atoms with Gasteiger partial charge in [-0.3, -0.25) is 19.8 Å². The molecule has 0 bridgehead atoms. The van der Waals surface area contributed by atoms with Crippen molar-refractivity contribution in [3.05, 3.63) is 64.2 Å². The van der Waals surface area contributed by atoms with E-state index in [0.717, 1.165) is 12.1 Å². The Labute approximate surface area is 169 Å². The molecule has 0 radical (unpaired) electrons. The van der Waals surface area contributed by atoms with E-state index in [1.165, 1.54) is 6.07 Å². The van der Waals surface area contributed by atoms with Crippen molar-refractivity contribution < 1.29 is 14.8 Å². The zero-order chi connectivity index (χ0) is 20.4. The molecule has 8 heteroatoms. The van der Waals surface area contributed by atoms with Crippen molar-refractivity contribution in [3.63, 3.8) is 0 Å². The number of nitro benzene ring substituents is 1. The molecule has 2 saturated heterocycles. The number of hydrogen-bond donors (Lipinski definition) is 1. The molecule has 2 aliphatic rings. The first-order valence-corrected chi connectivity index (χ1v) is 9.82. The minimum Gasteiger partial charge on any atom is -0.392 e. The summed E-state index contributed by atoms with van der Waals surface area (Å²) in [5, 5.41) is 20.8. The molecule has 2 aromatic carbocycles. The van der Waals surface area contributed by atoms with E-state index in [0.29, 0.717) is 44.0 Å². The molecule has 0 spiro atoms. The van der Waals surface area contributed by atoms with E-state index >= 15 is 0 Å². The Morgan fingerprint density at radius 1 is 1.03 bits per heavy atom. The first-order chi connectivity index (χ1) is 14.1. The number of rotatable bonds is 5. The fourth-order valence-corrected chi connectivity index (χ4v) is 4.22. The van der Waals surface area contributed by atoms with Gasteiger partial charge in [-0.25, -0.2) is 0 Å². The Morgan fingerprint density at radius 2 is 1.76 bits per heavy atom. The number of nitrogens with zero attached hydrogens (tertiary/aromatic N) is 4. The third-order valence-electron chi connectivity index (χ3n) is 5.76. The molecule has 4 rings (SSSR count). The second kappa shape index (κ2) is 8.18. The largest absolute Gasteiger partial charge is 0.392 e. The Balaban J connectivity index is 1.44. The maximum atomic E-state index is 12.9. The van der Waals surface area contributed by atoms with E-state index in [1.807, 2.05) is 40.1 Å². The highest BCUT2D eigenvalue weighted by Gasteiger charge is 2.38. The molecule has 29 heavy (non-hydrogen) atoms. The van der Waals surface area contributed by atoms with Gasteiger partial charge in [-0.2, -0.15) is 0 Å². The number of carbonyl (C=O) groups excluding carboxylic acids is 1. The van der Waals surface area contributed by atoms with Crippen molar-refractivity contribution in [2.45, 2.75) is 19.1 Å².